The number of piperidine rings is 1. The molecule has 6 heteroatoms. The molecule has 21 heavy (non-hydrogen) atoms. The Balaban J connectivity index is 1.84. The van der Waals surface area contributed by atoms with Crippen LogP contribution < -0.4 is 5.32 Å². The standard InChI is InChI=1S/C15H27N3O3/c1-2-3-15(14(20)21)4-8-18(9-5-15)13(19)12-17-10-6-16-7-11-17/h16H,2-12H2,1H3,(H,20,21). The van der Waals surface area contributed by atoms with E-state index < -0.39 is 11.4 Å². The Morgan fingerprint density at radius 1 is 1.14 bits per heavy atom. The first kappa shape index (κ1) is 16.2. The molecule has 2 aliphatic rings. The molecule has 0 atom stereocenters. The van der Waals surface area contributed by atoms with Gasteiger partial charge < -0.3 is 15.3 Å². The number of nitrogens with one attached hydrogen (secondary N) is 1. The zero-order chi connectivity index (χ0) is 15.3. The van der Waals surface area contributed by atoms with Crippen LogP contribution in [0.5, 0.6) is 0 Å². The zero-order valence-electron chi connectivity index (χ0n) is 12.9. The summed E-state index contributed by atoms with van der Waals surface area (Å²) >= 11 is 0. The number of hydrogen-bond acceptors (Lipinski definition) is 4. The average molecular weight is 297 g/mol. The molecule has 0 radical (unpaired) electrons. The van der Waals surface area contributed by atoms with E-state index in [1.165, 1.54) is 0 Å². The summed E-state index contributed by atoms with van der Waals surface area (Å²) in [6.45, 7) is 7.34. The summed E-state index contributed by atoms with van der Waals surface area (Å²) in [5, 5.41) is 12.8. The lowest BCUT2D eigenvalue weighted by Gasteiger charge is -2.39. The number of piperazine rings is 1. The van der Waals surface area contributed by atoms with E-state index in [1.807, 2.05) is 11.8 Å². The van der Waals surface area contributed by atoms with Crippen LogP contribution in [0.4, 0.5) is 0 Å². The molecular formula is C15H27N3O3. The summed E-state index contributed by atoms with van der Waals surface area (Å²) < 4.78 is 0. The molecule has 0 aromatic heterocycles. The highest BCUT2D eigenvalue weighted by Gasteiger charge is 2.41. The van der Waals surface area contributed by atoms with Crippen molar-refractivity contribution in [1.29, 1.82) is 0 Å². The van der Waals surface area contributed by atoms with Crippen LogP contribution in [-0.4, -0.2) is 72.6 Å². The Morgan fingerprint density at radius 3 is 2.29 bits per heavy atom. The maximum Gasteiger partial charge on any atom is 0.309 e. The minimum Gasteiger partial charge on any atom is -0.481 e. The van der Waals surface area contributed by atoms with Crippen molar-refractivity contribution < 1.29 is 14.7 Å². The molecular weight excluding hydrogens is 270 g/mol. The fourth-order valence-corrected chi connectivity index (χ4v) is 3.39. The van der Waals surface area contributed by atoms with Crippen molar-refractivity contribution in [2.24, 2.45) is 5.41 Å². The Hall–Kier alpha value is -1.14. The molecule has 0 bridgehead atoms. The summed E-state index contributed by atoms with van der Waals surface area (Å²) in [6.07, 6.45) is 2.76. The number of nitrogens with zero attached hydrogens (tertiary/aromatic N) is 2. The van der Waals surface area contributed by atoms with Gasteiger partial charge in [0.25, 0.3) is 0 Å². The minimum absolute atomic E-state index is 0.146. The van der Waals surface area contributed by atoms with E-state index in [2.05, 4.69) is 10.2 Å². The first-order chi connectivity index (χ1) is 10.1. The number of carboxylic acids is 1. The number of carbonyl (C=O) groups is 2. The smallest absolute Gasteiger partial charge is 0.309 e. The van der Waals surface area contributed by atoms with Gasteiger partial charge in [0.15, 0.2) is 0 Å². The maximum atomic E-state index is 12.3. The Kier molecular flexibility index (Phi) is 5.58. The molecule has 2 aliphatic heterocycles. The topological polar surface area (TPSA) is 72.9 Å². The van der Waals surface area contributed by atoms with Gasteiger partial charge in [-0.15, -0.1) is 0 Å². The third-order valence-electron chi connectivity index (χ3n) is 4.82. The molecule has 2 N–H and O–H groups in total. The highest BCUT2D eigenvalue weighted by Crippen LogP contribution is 2.36. The van der Waals surface area contributed by atoms with Gasteiger partial charge in [0.05, 0.1) is 12.0 Å². The average Bonchev–Trinajstić information content (AvgIpc) is 2.49. The molecule has 2 fully saturated rings. The van der Waals surface area contributed by atoms with Crippen LogP contribution in [0.3, 0.4) is 0 Å². The number of aliphatic carboxylic acids is 1. The predicted octanol–water partition coefficient (Wildman–Crippen LogP) is 0.385. The van der Waals surface area contributed by atoms with Crippen molar-refractivity contribution in [3.8, 4) is 0 Å². The van der Waals surface area contributed by atoms with Crippen LogP contribution in [0.15, 0.2) is 0 Å². The van der Waals surface area contributed by atoms with Gasteiger partial charge in [0.1, 0.15) is 0 Å². The van der Waals surface area contributed by atoms with Crippen molar-refractivity contribution in [3.63, 3.8) is 0 Å². The first-order valence-electron chi connectivity index (χ1n) is 8.02. The Morgan fingerprint density at radius 2 is 1.76 bits per heavy atom. The van der Waals surface area contributed by atoms with Crippen molar-refractivity contribution in [2.75, 3.05) is 45.8 Å². The number of amides is 1. The quantitative estimate of drug-likeness (QED) is 0.768. The Bertz CT molecular complexity index is 372. The molecule has 2 saturated heterocycles. The molecule has 120 valence electrons. The van der Waals surface area contributed by atoms with Crippen LogP contribution in [0.25, 0.3) is 0 Å². The van der Waals surface area contributed by atoms with Gasteiger partial charge in [0.2, 0.25) is 5.91 Å². The number of carboxylic acid groups (broad SMARTS) is 1. The van der Waals surface area contributed by atoms with Crippen molar-refractivity contribution in [2.45, 2.75) is 32.6 Å². The van der Waals surface area contributed by atoms with Gasteiger partial charge in [-0.3, -0.25) is 14.5 Å². The molecule has 0 saturated carbocycles. The zero-order valence-corrected chi connectivity index (χ0v) is 12.9. The third-order valence-corrected chi connectivity index (χ3v) is 4.82. The Labute approximate surface area is 126 Å². The van der Waals surface area contributed by atoms with E-state index >= 15 is 0 Å². The SMILES string of the molecule is CCCC1(C(=O)O)CCN(C(=O)CN2CCNCC2)CC1. The van der Waals surface area contributed by atoms with Crippen LogP contribution in [-0.2, 0) is 9.59 Å². The summed E-state index contributed by atoms with van der Waals surface area (Å²) in [5.41, 5.74) is -0.611. The molecule has 6 nitrogen and oxygen atoms in total. The molecule has 0 aromatic carbocycles. The van der Waals surface area contributed by atoms with Crippen LogP contribution in [0, 0.1) is 5.41 Å². The highest BCUT2D eigenvalue weighted by atomic mass is 16.4. The first-order valence-corrected chi connectivity index (χ1v) is 8.02. The van der Waals surface area contributed by atoms with Gasteiger partial charge >= 0.3 is 5.97 Å². The highest BCUT2D eigenvalue weighted by molar-refractivity contribution is 5.79. The summed E-state index contributed by atoms with van der Waals surface area (Å²) in [4.78, 5) is 27.9. The predicted molar refractivity (Wildman–Crippen MR) is 80.1 cm³/mol. The number of rotatable bonds is 5. The lowest BCUT2D eigenvalue weighted by Crippen LogP contribution is -2.51. The second-order valence-electron chi connectivity index (χ2n) is 6.24. The van der Waals surface area contributed by atoms with Gasteiger partial charge in [-0.05, 0) is 19.3 Å². The van der Waals surface area contributed by atoms with E-state index in [-0.39, 0.29) is 5.91 Å². The molecule has 0 aromatic rings. The minimum atomic E-state index is -0.696. The monoisotopic (exact) mass is 297 g/mol. The van der Waals surface area contributed by atoms with Gasteiger partial charge in [-0.2, -0.15) is 0 Å². The summed E-state index contributed by atoms with van der Waals surface area (Å²) in [6, 6.07) is 0. The van der Waals surface area contributed by atoms with Gasteiger partial charge in [0, 0.05) is 39.3 Å². The molecule has 0 spiro atoms. The fraction of sp³-hybridized carbons (Fsp3) is 0.867. The fourth-order valence-electron chi connectivity index (χ4n) is 3.39. The van der Waals surface area contributed by atoms with Crippen LogP contribution in [0.2, 0.25) is 0 Å². The second kappa shape index (κ2) is 7.22. The molecule has 2 rings (SSSR count). The number of hydrogen-bond donors (Lipinski definition) is 2. The largest absolute Gasteiger partial charge is 0.481 e. The molecule has 2 heterocycles. The normalized spacial score (nSPS) is 23.0. The van der Waals surface area contributed by atoms with E-state index in [9.17, 15) is 14.7 Å². The van der Waals surface area contributed by atoms with Gasteiger partial charge in [-0.1, -0.05) is 13.3 Å². The van der Waals surface area contributed by atoms with Crippen LogP contribution >= 0.6 is 0 Å². The second-order valence-corrected chi connectivity index (χ2v) is 6.24. The van der Waals surface area contributed by atoms with E-state index in [0.717, 1.165) is 32.6 Å². The van der Waals surface area contributed by atoms with Crippen molar-refractivity contribution in [3.05, 3.63) is 0 Å². The number of carbonyl (C=O) groups excluding carboxylic acids is 1. The van der Waals surface area contributed by atoms with E-state index in [0.29, 0.717) is 38.9 Å². The molecule has 0 unspecified atom stereocenters. The van der Waals surface area contributed by atoms with Crippen molar-refractivity contribution >= 4 is 11.9 Å². The lowest BCUT2D eigenvalue weighted by atomic mass is 9.75. The number of likely N-dealkylation sites (tertiary alicyclic amines) is 1. The van der Waals surface area contributed by atoms with E-state index in [4.69, 9.17) is 0 Å². The van der Waals surface area contributed by atoms with Crippen LogP contribution in [0.1, 0.15) is 32.6 Å². The molecule has 0 aliphatic carbocycles. The lowest BCUT2D eigenvalue weighted by molar-refractivity contribution is -0.155. The molecule has 1 amide bonds. The summed E-state index contributed by atoms with van der Waals surface area (Å²) in [7, 11) is 0. The maximum absolute atomic E-state index is 12.3. The summed E-state index contributed by atoms with van der Waals surface area (Å²) in [5.74, 6) is -0.550. The van der Waals surface area contributed by atoms with Gasteiger partial charge in [-0.25, -0.2) is 0 Å². The van der Waals surface area contributed by atoms with Crippen molar-refractivity contribution in [1.82, 2.24) is 15.1 Å². The third kappa shape index (κ3) is 3.95. The van der Waals surface area contributed by atoms with E-state index in [1.54, 1.807) is 0 Å².